The van der Waals surface area contributed by atoms with E-state index in [0.29, 0.717) is 18.8 Å². The molecule has 10 heavy (non-hydrogen) atoms. The van der Waals surface area contributed by atoms with Crippen LogP contribution in [-0.2, 0) is 0 Å². The van der Waals surface area contributed by atoms with Crippen LogP contribution in [0.1, 0.15) is 26.7 Å². The summed E-state index contributed by atoms with van der Waals surface area (Å²) in [4.78, 5) is 0. The van der Waals surface area contributed by atoms with Crippen molar-refractivity contribution >= 4 is 0 Å². The monoisotopic (exact) mass is 147 g/mol. The van der Waals surface area contributed by atoms with Gasteiger partial charge in [-0.1, -0.05) is 13.8 Å². The molecule has 0 unspecified atom stereocenters. The maximum absolute atomic E-state index is 11.9. The number of halogens is 2. The maximum atomic E-state index is 11.9. The Morgan fingerprint density at radius 3 is 2.10 bits per heavy atom. The third-order valence-corrected chi connectivity index (χ3v) is 2.35. The summed E-state index contributed by atoms with van der Waals surface area (Å²) in [5, 5.41) is 0. The minimum atomic E-state index is -2.09. The molecule has 0 N–H and O–H groups in total. The third-order valence-electron chi connectivity index (χ3n) is 2.35. The molecule has 0 aromatic carbocycles. The molecular formula is C8H13F2. The van der Waals surface area contributed by atoms with Gasteiger partial charge in [-0.15, -0.1) is 0 Å². The molecule has 0 aromatic rings. The topological polar surface area (TPSA) is 0 Å². The number of hydrogen-bond acceptors (Lipinski definition) is 0. The van der Waals surface area contributed by atoms with Gasteiger partial charge in [0, 0.05) is 5.92 Å². The molecule has 0 atom stereocenters. The largest absolute Gasteiger partial charge is 0.241 e. The second-order valence-corrected chi connectivity index (χ2v) is 3.34. The van der Waals surface area contributed by atoms with Gasteiger partial charge in [0.1, 0.15) is 0 Å². The van der Waals surface area contributed by atoms with Gasteiger partial charge in [0.15, 0.2) is 0 Å². The van der Waals surface area contributed by atoms with Crippen molar-refractivity contribution < 1.29 is 8.78 Å². The van der Waals surface area contributed by atoms with Crippen molar-refractivity contribution in [1.82, 2.24) is 0 Å². The summed E-state index contributed by atoms with van der Waals surface area (Å²) < 4.78 is 23.8. The highest BCUT2D eigenvalue weighted by molar-refractivity contribution is 4.96. The van der Waals surface area contributed by atoms with Crippen LogP contribution >= 0.6 is 0 Å². The summed E-state index contributed by atoms with van der Waals surface area (Å²) in [5.74, 6) is 1.48. The first-order chi connectivity index (χ1) is 4.61. The van der Waals surface area contributed by atoms with Crippen molar-refractivity contribution in [3.63, 3.8) is 0 Å². The summed E-state index contributed by atoms with van der Waals surface area (Å²) in [5.41, 5.74) is 0. The molecule has 1 fully saturated rings. The van der Waals surface area contributed by atoms with Gasteiger partial charge in [0.2, 0.25) is 6.43 Å². The highest BCUT2D eigenvalue weighted by atomic mass is 19.3. The zero-order valence-corrected chi connectivity index (χ0v) is 6.40. The van der Waals surface area contributed by atoms with Crippen LogP contribution in [0.3, 0.4) is 0 Å². The van der Waals surface area contributed by atoms with Crippen molar-refractivity contribution in [2.24, 2.45) is 11.8 Å². The Morgan fingerprint density at radius 1 is 1.30 bits per heavy atom. The van der Waals surface area contributed by atoms with E-state index in [-0.39, 0.29) is 5.92 Å². The van der Waals surface area contributed by atoms with E-state index in [9.17, 15) is 8.78 Å². The standard InChI is InChI=1S/C8H13F2/c1-5(2)6-3-7(4-6)8(9)10/h6-8H,3-4H2,1-2H3. The predicted octanol–water partition coefficient (Wildman–Crippen LogP) is 2.89. The number of hydrogen-bond donors (Lipinski definition) is 0. The van der Waals surface area contributed by atoms with Gasteiger partial charge in [0.05, 0.1) is 0 Å². The van der Waals surface area contributed by atoms with Gasteiger partial charge < -0.3 is 0 Å². The lowest BCUT2D eigenvalue weighted by molar-refractivity contribution is 0.00720. The van der Waals surface area contributed by atoms with Crippen LogP contribution in [0.5, 0.6) is 0 Å². The lowest BCUT2D eigenvalue weighted by atomic mass is 9.70. The van der Waals surface area contributed by atoms with E-state index in [1.54, 1.807) is 0 Å². The SMILES string of the molecule is C[C](C)C1CC(C(F)F)C1. The lowest BCUT2D eigenvalue weighted by Crippen LogP contribution is -2.31. The quantitative estimate of drug-likeness (QED) is 0.563. The lowest BCUT2D eigenvalue weighted by Gasteiger charge is -2.37. The first-order valence-corrected chi connectivity index (χ1v) is 3.69. The van der Waals surface area contributed by atoms with Crippen molar-refractivity contribution in [2.75, 3.05) is 0 Å². The number of alkyl halides is 2. The Morgan fingerprint density at radius 2 is 1.80 bits per heavy atom. The second-order valence-electron chi connectivity index (χ2n) is 3.34. The molecule has 0 amide bonds. The normalized spacial score (nSPS) is 33.0. The Kier molecular flexibility index (Phi) is 2.27. The van der Waals surface area contributed by atoms with Crippen LogP contribution < -0.4 is 0 Å². The molecular weight excluding hydrogens is 134 g/mol. The van der Waals surface area contributed by atoms with E-state index < -0.39 is 6.43 Å². The molecule has 1 aliphatic rings. The van der Waals surface area contributed by atoms with Crippen LogP contribution in [0.4, 0.5) is 8.78 Å². The molecule has 1 radical (unpaired) electrons. The fourth-order valence-corrected chi connectivity index (χ4v) is 1.34. The molecule has 1 rings (SSSR count). The second kappa shape index (κ2) is 2.85. The van der Waals surface area contributed by atoms with Gasteiger partial charge in [0.25, 0.3) is 0 Å². The molecule has 0 aromatic heterocycles. The summed E-state index contributed by atoms with van der Waals surface area (Å²) >= 11 is 0. The molecule has 0 aliphatic heterocycles. The molecule has 0 saturated heterocycles. The van der Waals surface area contributed by atoms with E-state index >= 15 is 0 Å². The van der Waals surface area contributed by atoms with E-state index in [4.69, 9.17) is 0 Å². The van der Waals surface area contributed by atoms with Crippen molar-refractivity contribution in [3.05, 3.63) is 5.92 Å². The van der Waals surface area contributed by atoms with Crippen LogP contribution in [0.25, 0.3) is 0 Å². The fraction of sp³-hybridized carbons (Fsp3) is 0.875. The maximum Gasteiger partial charge on any atom is 0.241 e. The van der Waals surface area contributed by atoms with Crippen molar-refractivity contribution in [2.45, 2.75) is 33.1 Å². The molecule has 1 aliphatic carbocycles. The van der Waals surface area contributed by atoms with Gasteiger partial charge >= 0.3 is 0 Å². The van der Waals surface area contributed by atoms with Crippen molar-refractivity contribution in [3.8, 4) is 0 Å². The third kappa shape index (κ3) is 1.47. The minimum absolute atomic E-state index is 0.306. The van der Waals surface area contributed by atoms with E-state index in [1.165, 1.54) is 5.92 Å². The van der Waals surface area contributed by atoms with Crippen LogP contribution in [0.2, 0.25) is 0 Å². The highest BCUT2D eigenvalue weighted by Crippen LogP contribution is 2.42. The molecule has 1 saturated carbocycles. The highest BCUT2D eigenvalue weighted by Gasteiger charge is 2.36. The van der Waals surface area contributed by atoms with Crippen molar-refractivity contribution in [1.29, 1.82) is 0 Å². The summed E-state index contributed by atoms with van der Waals surface area (Å²) in [6.07, 6.45) is -0.671. The predicted molar refractivity (Wildman–Crippen MR) is 36.8 cm³/mol. The molecule has 2 heteroatoms. The van der Waals surface area contributed by atoms with E-state index in [0.717, 1.165) is 0 Å². The molecule has 0 spiro atoms. The Hall–Kier alpha value is -0.140. The average Bonchev–Trinajstić information content (AvgIpc) is 1.56. The van der Waals surface area contributed by atoms with E-state index in [2.05, 4.69) is 0 Å². The van der Waals surface area contributed by atoms with Gasteiger partial charge in [-0.3, -0.25) is 0 Å². The van der Waals surface area contributed by atoms with Crippen LogP contribution in [0.15, 0.2) is 0 Å². The van der Waals surface area contributed by atoms with Gasteiger partial charge in [-0.25, -0.2) is 8.78 Å². The molecule has 59 valence electrons. The zero-order chi connectivity index (χ0) is 7.72. The Balaban J connectivity index is 2.18. The molecule has 0 bridgehead atoms. The fourth-order valence-electron chi connectivity index (χ4n) is 1.34. The average molecular weight is 147 g/mol. The van der Waals surface area contributed by atoms with Crippen LogP contribution in [-0.4, -0.2) is 6.43 Å². The minimum Gasteiger partial charge on any atom is -0.210 e. The summed E-state index contributed by atoms with van der Waals surface area (Å²) in [6.45, 7) is 4.04. The van der Waals surface area contributed by atoms with Gasteiger partial charge in [-0.05, 0) is 24.7 Å². The summed E-state index contributed by atoms with van der Waals surface area (Å²) in [6, 6.07) is 0. The zero-order valence-electron chi connectivity index (χ0n) is 6.40. The smallest absolute Gasteiger partial charge is 0.210 e. The Labute approximate surface area is 60.6 Å². The molecule has 0 heterocycles. The number of rotatable bonds is 2. The first-order valence-electron chi connectivity index (χ1n) is 3.69. The first kappa shape index (κ1) is 7.96. The molecule has 0 nitrogen and oxygen atoms in total. The summed E-state index contributed by atoms with van der Waals surface area (Å²) in [7, 11) is 0. The van der Waals surface area contributed by atoms with E-state index in [1.807, 2.05) is 13.8 Å². The van der Waals surface area contributed by atoms with Crippen LogP contribution in [0, 0.1) is 17.8 Å². The Bertz CT molecular complexity index is 91.8. The van der Waals surface area contributed by atoms with Gasteiger partial charge in [-0.2, -0.15) is 0 Å².